The monoisotopic (exact) mass is 338 g/mol. The molecule has 0 unspecified atom stereocenters. The molecule has 0 aliphatic rings. The summed E-state index contributed by atoms with van der Waals surface area (Å²) in [5.41, 5.74) is 0.340. The van der Waals surface area contributed by atoms with Crippen LogP contribution in [-0.2, 0) is 9.59 Å². The molecule has 4 amide bonds. The first-order chi connectivity index (χ1) is 11.3. The van der Waals surface area contributed by atoms with Gasteiger partial charge in [-0.3, -0.25) is 9.59 Å². The number of benzene rings is 1. The lowest BCUT2D eigenvalue weighted by atomic mass is 10.2. The number of carbonyl (C=O) groups is 3. The molecule has 0 saturated heterocycles. The van der Waals surface area contributed by atoms with Crippen LogP contribution in [0.15, 0.2) is 18.2 Å². The molecule has 0 aliphatic carbocycles. The highest BCUT2D eigenvalue weighted by atomic mass is 19.1. The normalized spacial score (nSPS) is 11.4. The number of hydrogen-bond donors (Lipinski definition) is 3. The molecule has 8 heteroatoms. The van der Waals surface area contributed by atoms with Gasteiger partial charge in [-0.25, -0.2) is 9.18 Å². The van der Waals surface area contributed by atoms with Gasteiger partial charge in [0.25, 0.3) is 0 Å². The fraction of sp³-hybridized carbons (Fsp3) is 0.438. The maximum absolute atomic E-state index is 13.9. The average molecular weight is 338 g/mol. The smallest absolute Gasteiger partial charge is 0.321 e. The van der Waals surface area contributed by atoms with E-state index in [4.69, 9.17) is 0 Å². The van der Waals surface area contributed by atoms with Crippen LogP contribution in [-0.4, -0.2) is 42.9 Å². The molecule has 132 valence electrons. The van der Waals surface area contributed by atoms with Gasteiger partial charge in [0, 0.05) is 38.7 Å². The third-order valence-corrected chi connectivity index (χ3v) is 3.55. The molecule has 1 atom stereocenters. The lowest BCUT2D eigenvalue weighted by molar-refractivity contribution is -0.121. The molecular weight excluding hydrogens is 315 g/mol. The van der Waals surface area contributed by atoms with Crippen LogP contribution in [0.3, 0.4) is 0 Å². The van der Waals surface area contributed by atoms with E-state index < -0.39 is 11.8 Å². The number of nitrogens with one attached hydrogen (secondary N) is 3. The van der Waals surface area contributed by atoms with Crippen molar-refractivity contribution in [2.45, 2.75) is 32.7 Å². The number of amides is 4. The Labute approximate surface area is 140 Å². The Balaban J connectivity index is 2.80. The molecular formula is C16H23FN4O3. The van der Waals surface area contributed by atoms with Gasteiger partial charge in [0.2, 0.25) is 11.8 Å². The van der Waals surface area contributed by atoms with Crippen molar-refractivity contribution in [1.29, 1.82) is 0 Å². The minimum atomic E-state index is -0.620. The molecule has 1 aromatic carbocycles. The summed E-state index contributed by atoms with van der Waals surface area (Å²) in [4.78, 5) is 36.3. The second-order valence-corrected chi connectivity index (χ2v) is 5.36. The standard InChI is InChI=1S/C16H23FN4O3/c1-5-14(22)19-11-6-7-12(17)13(9-11)20-16(24)21(4)10(2)8-15(23)18-3/h6-7,9-10H,5,8H2,1-4H3,(H,18,23)(H,19,22)(H,20,24)/t10-/m0/s1. The molecule has 0 aromatic heterocycles. The summed E-state index contributed by atoms with van der Waals surface area (Å²) >= 11 is 0. The molecule has 0 aliphatic heterocycles. The SMILES string of the molecule is CCC(=O)Nc1ccc(F)c(NC(=O)N(C)[C@@H](C)CC(=O)NC)c1. The maximum Gasteiger partial charge on any atom is 0.321 e. The highest BCUT2D eigenvalue weighted by Gasteiger charge is 2.19. The van der Waals surface area contributed by atoms with Crippen molar-refractivity contribution in [1.82, 2.24) is 10.2 Å². The topological polar surface area (TPSA) is 90.5 Å². The third kappa shape index (κ3) is 5.53. The van der Waals surface area contributed by atoms with Crippen LogP contribution in [0, 0.1) is 5.82 Å². The van der Waals surface area contributed by atoms with Crippen LogP contribution in [0.1, 0.15) is 26.7 Å². The molecule has 1 aromatic rings. The van der Waals surface area contributed by atoms with Crippen molar-refractivity contribution in [3.8, 4) is 0 Å². The number of hydrogen-bond acceptors (Lipinski definition) is 3. The Morgan fingerprint density at radius 1 is 1.21 bits per heavy atom. The van der Waals surface area contributed by atoms with Gasteiger partial charge in [0.15, 0.2) is 0 Å². The Bertz CT molecular complexity index is 621. The predicted octanol–water partition coefficient (Wildman–Crippen LogP) is 2.16. The van der Waals surface area contributed by atoms with Gasteiger partial charge in [-0.2, -0.15) is 0 Å². The lowest BCUT2D eigenvalue weighted by Crippen LogP contribution is -2.40. The second-order valence-electron chi connectivity index (χ2n) is 5.36. The molecule has 0 spiro atoms. The van der Waals surface area contributed by atoms with E-state index in [1.165, 1.54) is 31.1 Å². The number of carbonyl (C=O) groups excluding carboxylic acids is 3. The number of nitrogens with zero attached hydrogens (tertiary/aromatic N) is 1. The summed E-state index contributed by atoms with van der Waals surface area (Å²) < 4.78 is 13.9. The highest BCUT2D eigenvalue weighted by Crippen LogP contribution is 2.20. The minimum Gasteiger partial charge on any atom is -0.359 e. The van der Waals surface area contributed by atoms with Gasteiger partial charge in [-0.05, 0) is 25.1 Å². The van der Waals surface area contributed by atoms with Crippen molar-refractivity contribution in [2.24, 2.45) is 0 Å². The molecule has 3 N–H and O–H groups in total. The number of rotatable bonds is 6. The fourth-order valence-electron chi connectivity index (χ4n) is 1.86. The maximum atomic E-state index is 13.9. The summed E-state index contributed by atoms with van der Waals surface area (Å²) in [6.45, 7) is 3.41. The van der Waals surface area contributed by atoms with Gasteiger partial charge < -0.3 is 20.9 Å². The average Bonchev–Trinajstić information content (AvgIpc) is 2.56. The van der Waals surface area contributed by atoms with Crippen molar-refractivity contribution in [3.05, 3.63) is 24.0 Å². The molecule has 0 fully saturated rings. The van der Waals surface area contributed by atoms with E-state index in [9.17, 15) is 18.8 Å². The zero-order valence-electron chi connectivity index (χ0n) is 14.3. The second kappa shape index (κ2) is 8.85. The van der Waals surface area contributed by atoms with Gasteiger partial charge in [0.1, 0.15) is 5.82 Å². The van der Waals surface area contributed by atoms with E-state index in [1.807, 2.05) is 0 Å². The summed E-state index contributed by atoms with van der Waals surface area (Å²) in [6, 6.07) is 3.00. The van der Waals surface area contributed by atoms with Crippen LogP contribution < -0.4 is 16.0 Å². The van der Waals surface area contributed by atoms with Crippen molar-refractivity contribution in [2.75, 3.05) is 24.7 Å². The summed E-state index contributed by atoms with van der Waals surface area (Å²) in [5.74, 6) is -1.03. The van der Waals surface area contributed by atoms with Crippen LogP contribution in [0.2, 0.25) is 0 Å². The lowest BCUT2D eigenvalue weighted by Gasteiger charge is -2.24. The van der Waals surface area contributed by atoms with Gasteiger partial charge >= 0.3 is 6.03 Å². The van der Waals surface area contributed by atoms with Crippen LogP contribution in [0.25, 0.3) is 0 Å². The van der Waals surface area contributed by atoms with Crippen LogP contribution in [0.4, 0.5) is 20.6 Å². The molecule has 0 bridgehead atoms. The van der Waals surface area contributed by atoms with E-state index in [0.29, 0.717) is 12.1 Å². The van der Waals surface area contributed by atoms with E-state index in [0.717, 1.165) is 6.07 Å². The molecule has 0 radical (unpaired) electrons. The van der Waals surface area contributed by atoms with E-state index in [1.54, 1.807) is 13.8 Å². The van der Waals surface area contributed by atoms with Crippen molar-refractivity contribution < 1.29 is 18.8 Å². The van der Waals surface area contributed by atoms with E-state index in [-0.39, 0.29) is 30.0 Å². The quantitative estimate of drug-likeness (QED) is 0.742. The molecule has 24 heavy (non-hydrogen) atoms. The van der Waals surface area contributed by atoms with Crippen LogP contribution >= 0.6 is 0 Å². The molecule has 0 saturated carbocycles. The van der Waals surface area contributed by atoms with Gasteiger partial charge in [0.05, 0.1) is 5.69 Å². The first kappa shape index (κ1) is 19.4. The zero-order chi connectivity index (χ0) is 18.3. The Morgan fingerprint density at radius 2 is 1.88 bits per heavy atom. The minimum absolute atomic E-state index is 0.0482. The number of urea groups is 1. The Morgan fingerprint density at radius 3 is 2.46 bits per heavy atom. The molecule has 1 rings (SSSR count). The van der Waals surface area contributed by atoms with Crippen molar-refractivity contribution >= 4 is 29.2 Å². The fourth-order valence-corrected chi connectivity index (χ4v) is 1.86. The first-order valence-electron chi connectivity index (χ1n) is 7.62. The Kier molecular flexibility index (Phi) is 7.16. The predicted molar refractivity (Wildman–Crippen MR) is 90.2 cm³/mol. The number of anilines is 2. The summed E-state index contributed by atoms with van der Waals surface area (Å²) in [6.07, 6.45) is 0.425. The Hall–Kier alpha value is -2.64. The van der Waals surface area contributed by atoms with E-state index in [2.05, 4.69) is 16.0 Å². The summed E-state index contributed by atoms with van der Waals surface area (Å²) in [5, 5.41) is 7.52. The van der Waals surface area contributed by atoms with Gasteiger partial charge in [-0.15, -0.1) is 0 Å². The molecule has 7 nitrogen and oxygen atoms in total. The van der Waals surface area contributed by atoms with Gasteiger partial charge in [-0.1, -0.05) is 6.92 Å². The largest absolute Gasteiger partial charge is 0.359 e. The zero-order valence-corrected chi connectivity index (χ0v) is 14.3. The van der Waals surface area contributed by atoms with Crippen molar-refractivity contribution in [3.63, 3.8) is 0 Å². The summed E-state index contributed by atoms with van der Waals surface area (Å²) in [7, 11) is 3.03. The third-order valence-electron chi connectivity index (χ3n) is 3.55. The van der Waals surface area contributed by atoms with Crippen LogP contribution in [0.5, 0.6) is 0 Å². The number of halogens is 1. The first-order valence-corrected chi connectivity index (χ1v) is 7.62. The highest BCUT2D eigenvalue weighted by molar-refractivity contribution is 5.93. The van der Waals surface area contributed by atoms with E-state index >= 15 is 0 Å². The molecule has 0 heterocycles.